The summed E-state index contributed by atoms with van der Waals surface area (Å²) in [4.78, 5) is 12.0. The average Bonchev–Trinajstić information content (AvgIpc) is 3.05. The van der Waals surface area contributed by atoms with Crippen molar-refractivity contribution in [3.05, 3.63) is 27.7 Å². The number of hydrogen-bond acceptors (Lipinski definition) is 2. The second-order valence-corrected chi connectivity index (χ2v) is 6.27. The first kappa shape index (κ1) is 13.0. The van der Waals surface area contributed by atoms with E-state index in [-0.39, 0.29) is 11.8 Å². The molecule has 1 fully saturated rings. The quantitative estimate of drug-likeness (QED) is 0.927. The smallest absolute Gasteiger partial charge is 0.223 e. The van der Waals surface area contributed by atoms with Crippen LogP contribution in [0.15, 0.2) is 16.6 Å². The minimum atomic E-state index is 0.198. The molecule has 2 aliphatic rings. The third-order valence-electron chi connectivity index (χ3n) is 4.00. The van der Waals surface area contributed by atoms with Crippen LogP contribution in [0.3, 0.4) is 0 Å². The predicted molar refractivity (Wildman–Crippen MR) is 77.1 cm³/mol. The second-order valence-electron chi connectivity index (χ2n) is 5.35. The van der Waals surface area contributed by atoms with Crippen LogP contribution in [-0.4, -0.2) is 12.5 Å². The Labute approximate surface area is 121 Å². The number of hydrogen-bond donors (Lipinski definition) is 1. The number of amides is 1. The van der Waals surface area contributed by atoms with Crippen molar-refractivity contribution in [2.75, 3.05) is 6.61 Å². The van der Waals surface area contributed by atoms with Crippen molar-refractivity contribution >= 4 is 21.8 Å². The van der Waals surface area contributed by atoms with E-state index in [1.807, 2.05) is 6.07 Å². The summed E-state index contributed by atoms with van der Waals surface area (Å²) in [7, 11) is 0. The molecule has 0 bridgehead atoms. The molecule has 1 aromatic rings. The molecule has 102 valence electrons. The molecule has 0 saturated heterocycles. The third kappa shape index (κ3) is 2.78. The first-order chi connectivity index (χ1) is 9.24. The fourth-order valence-corrected chi connectivity index (χ4v) is 3.54. The molecule has 1 aromatic carbocycles. The van der Waals surface area contributed by atoms with Gasteiger partial charge in [-0.25, -0.2) is 0 Å². The number of carbonyl (C=O) groups excluding carboxylic acids is 1. The van der Waals surface area contributed by atoms with Crippen LogP contribution in [0, 0.1) is 5.92 Å². The van der Waals surface area contributed by atoms with Gasteiger partial charge >= 0.3 is 0 Å². The van der Waals surface area contributed by atoms with Crippen LogP contribution in [0.25, 0.3) is 0 Å². The highest BCUT2D eigenvalue weighted by Crippen LogP contribution is 2.33. The zero-order valence-corrected chi connectivity index (χ0v) is 12.5. The van der Waals surface area contributed by atoms with Crippen LogP contribution >= 0.6 is 15.9 Å². The number of carbonyl (C=O) groups is 1. The van der Waals surface area contributed by atoms with Gasteiger partial charge < -0.3 is 10.1 Å². The number of ether oxygens (including phenoxy) is 1. The Hall–Kier alpha value is -1.03. The van der Waals surface area contributed by atoms with Gasteiger partial charge in [-0.15, -0.1) is 0 Å². The Morgan fingerprint density at radius 1 is 1.37 bits per heavy atom. The summed E-state index contributed by atoms with van der Waals surface area (Å²) in [5, 5.41) is 3.06. The van der Waals surface area contributed by atoms with Crippen LogP contribution in [0.4, 0.5) is 0 Å². The summed E-state index contributed by atoms with van der Waals surface area (Å²) < 4.78 is 6.73. The summed E-state index contributed by atoms with van der Waals surface area (Å²) in [6, 6.07) is 4.14. The van der Waals surface area contributed by atoms with Gasteiger partial charge in [-0.2, -0.15) is 0 Å². The van der Waals surface area contributed by atoms with E-state index < -0.39 is 0 Å². The highest BCUT2D eigenvalue weighted by molar-refractivity contribution is 9.10. The van der Waals surface area contributed by atoms with Crippen LogP contribution in [0.1, 0.15) is 36.8 Å². The fourth-order valence-electron chi connectivity index (χ4n) is 2.99. The van der Waals surface area contributed by atoms with E-state index in [0.29, 0.717) is 6.54 Å². The number of halogens is 1. The van der Waals surface area contributed by atoms with E-state index in [9.17, 15) is 4.79 Å². The summed E-state index contributed by atoms with van der Waals surface area (Å²) in [6.45, 7) is 1.31. The van der Waals surface area contributed by atoms with Crippen LogP contribution in [0.5, 0.6) is 5.75 Å². The standard InChI is InChI=1S/C15H18BrNO2/c16-13-7-11-5-6-19-14(11)12(8-13)9-17-15(18)10-3-1-2-4-10/h7-8,10H,1-6,9H2,(H,17,18). The molecule has 1 aliphatic heterocycles. The van der Waals surface area contributed by atoms with Crippen molar-refractivity contribution in [2.45, 2.75) is 38.6 Å². The van der Waals surface area contributed by atoms with Crippen molar-refractivity contribution in [2.24, 2.45) is 5.92 Å². The Bertz CT molecular complexity index is 495. The lowest BCUT2D eigenvalue weighted by atomic mass is 10.1. The van der Waals surface area contributed by atoms with Gasteiger partial charge in [-0.05, 0) is 30.5 Å². The summed E-state index contributed by atoms with van der Waals surface area (Å²) >= 11 is 3.52. The zero-order chi connectivity index (χ0) is 13.2. The van der Waals surface area contributed by atoms with Crippen LogP contribution in [-0.2, 0) is 17.8 Å². The molecule has 0 unspecified atom stereocenters. The van der Waals surface area contributed by atoms with Crippen LogP contribution in [0.2, 0.25) is 0 Å². The van der Waals surface area contributed by atoms with E-state index in [2.05, 4.69) is 27.3 Å². The molecule has 1 aliphatic carbocycles. The lowest BCUT2D eigenvalue weighted by Crippen LogP contribution is -2.28. The number of fused-ring (bicyclic) bond motifs is 1. The molecular weight excluding hydrogens is 306 g/mol. The monoisotopic (exact) mass is 323 g/mol. The molecule has 0 atom stereocenters. The first-order valence-electron chi connectivity index (χ1n) is 6.96. The first-order valence-corrected chi connectivity index (χ1v) is 7.75. The molecule has 3 rings (SSSR count). The highest BCUT2D eigenvalue weighted by atomic mass is 79.9. The molecule has 0 aromatic heterocycles. The molecule has 3 nitrogen and oxygen atoms in total. The van der Waals surface area contributed by atoms with Gasteiger partial charge in [0.2, 0.25) is 5.91 Å². The lowest BCUT2D eigenvalue weighted by molar-refractivity contribution is -0.124. The highest BCUT2D eigenvalue weighted by Gasteiger charge is 2.23. The van der Waals surface area contributed by atoms with Crippen molar-refractivity contribution in [3.63, 3.8) is 0 Å². The lowest BCUT2D eigenvalue weighted by Gasteiger charge is -2.13. The zero-order valence-electron chi connectivity index (χ0n) is 10.9. The largest absolute Gasteiger partial charge is 0.493 e. The second kappa shape index (κ2) is 5.53. The maximum absolute atomic E-state index is 12.0. The molecule has 1 heterocycles. The molecular formula is C15H18BrNO2. The molecule has 1 N–H and O–H groups in total. The molecule has 0 radical (unpaired) electrons. The van der Waals surface area contributed by atoms with Gasteiger partial charge in [0.15, 0.2) is 0 Å². The summed E-state index contributed by atoms with van der Waals surface area (Å²) in [5.41, 5.74) is 2.31. The SMILES string of the molecule is O=C(NCc1cc(Br)cc2c1OCC2)C1CCCC1. The molecule has 19 heavy (non-hydrogen) atoms. The van der Waals surface area contributed by atoms with Crippen molar-refractivity contribution in [1.29, 1.82) is 0 Å². The van der Waals surface area contributed by atoms with Gasteiger partial charge in [0.05, 0.1) is 6.61 Å². The van der Waals surface area contributed by atoms with E-state index in [1.165, 1.54) is 18.4 Å². The molecule has 4 heteroatoms. The minimum Gasteiger partial charge on any atom is -0.493 e. The fraction of sp³-hybridized carbons (Fsp3) is 0.533. The Kier molecular flexibility index (Phi) is 3.78. The maximum atomic E-state index is 12.0. The predicted octanol–water partition coefficient (Wildman–Crippen LogP) is 3.19. The topological polar surface area (TPSA) is 38.3 Å². The third-order valence-corrected chi connectivity index (χ3v) is 4.46. The van der Waals surface area contributed by atoms with Crippen molar-refractivity contribution < 1.29 is 9.53 Å². The van der Waals surface area contributed by atoms with Crippen LogP contribution < -0.4 is 10.1 Å². The average molecular weight is 324 g/mol. The summed E-state index contributed by atoms with van der Waals surface area (Å²) in [6.07, 6.45) is 5.41. The molecule has 1 saturated carbocycles. The molecule has 1 amide bonds. The normalized spacial score (nSPS) is 18.2. The Balaban J connectivity index is 1.68. The Morgan fingerprint density at radius 3 is 2.95 bits per heavy atom. The summed E-state index contributed by atoms with van der Waals surface area (Å²) in [5.74, 6) is 1.39. The Morgan fingerprint density at radius 2 is 2.16 bits per heavy atom. The number of benzene rings is 1. The van der Waals surface area contributed by atoms with Gasteiger partial charge in [-0.3, -0.25) is 4.79 Å². The van der Waals surface area contributed by atoms with E-state index in [0.717, 1.165) is 41.7 Å². The minimum absolute atomic E-state index is 0.198. The van der Waals surface area contributed by atoms with E-state index in [1.54, 1.807) is 0 Å². The number of rotatable bonds is 3. The van der Waals surface area contributed by atoms with E-state index >= 15 is 0 Å². The van der Waals surface area contributed by atoms with Gasteiger partial charge in [0.1, 0.15) is 5.75 Å². The van der Waals surface area contributed by atoms with Crippen molar-refractivity contribution in [1.82, 2.24) is 5.32 Å². The molecule has 0 spiro atoms. The number of nitrogens with one attached hydrogen (secondary N) is 1. The van der Waals surface area contributed by atoms with Crippen molar-refractivity contribution in [3.8, 4) is 5.75 Å². The van der Waals surface area contributed by atoms with E-state index in [4.69, 9.17) is 4.74 Å². The maximum Gasteiger partial charge on any atom is 0.223 e. The van der Waals surface area contributed by atoms with Gasteiger partial charge in [-0.1, -0.05) is 28.8 Å². The van der Waals surface area contributed by atoms with Gasteiger partial charge in [0.25, 0.3) is 0 Å². The van der Waals surface area contributed by atoms with Gasteiger partial charge in [0, 0.05) is 28.9 Å².